The maximum atomic E-state index is 13.4. The van der Waals surface area contributed by atoms with Gasteiger partial charge in [-0.1, -0.05) is 23.7 Å². The second kappa shape index (κ2) is 7.49. The van der Waals surface area contributed by atoms with Gasteiger partial charge in [0.05, 0.1) is 6.54 Å². The summed E-state index contributed by atoms with van der Waals surface area (Å²) in [5.74, 6) is -0.0420. The molecule has 0 saturated carbocycles. The number of imidazole rings is 2. The van der Waals surface area contributed by atoms with Gasteiger partial charge in [0.1, 0.15) is 0 Å². The van der Waals surface area contributed by atoms with Crippen molar-refractivity contribution in [2.75, 3.05) is 0 Å². The van der Waals surface area contributed by atoms with E-state index < -0.39 is 17.2 Å². The molecular formula is C23H19ClN6O3. The van der Waals surface area contributed by atoms with Crippen molar-refractivity contribution >= 4 is 34.4 Å². The summed E-state index contributed by atoms with van der Waals surface area (Å²) in [7, 11) is 1.59. The number of rotatable bonds is 4. The summed E-state index contributed by atoms with van der Waals surface area (Å²) < 4.78 is 6.07. The number of hydrogen-bond donors (Lipinski definition) is 1. The van der Waals surface area contributed by atoms with E-state index >= 15 is 0 Å². The van der Waals surface area contributed by atoms with Crippen LogP contribution < -0.4 is 17.0 Å². The van der Waals surface area contributed by atoms with Gasteiger partial charge in [0.15, 0.2) is 11.2 Å². The maximum absolute atomic E-state index is 13.4. The SMILES string of the molecule is Cc1cn2c3c(=O)n(Cc4cccc(Cl)c4)c(=O)n(C)c3nc2n1-c1ccc(C(N)=O)cc1. The number of carbonyl (C=O) groups excluding carboxylic acids is 1. The number of aromatic nitrogens is 5. The second-order valence-electron chi connectivity index (χ2n) is 7.83. The molecule has 1 amide bonds. The van der Waals surface area contributed by atoms with E-state index in [2.05, 4.69) is 4.98 Å². The number of hydrogen-bond acceptors (Lipinski definition) is 4. The van der Waals surface area contributed by atoms with Crippen molar-refractivity contribution in [2.24, 2.45) is 12.8 Å². The quantitative estimate of drug-likeness (QED) is 0.441. The van der Waals surface area contributed by atoms with Gasteiger partial charge in [-0.3, -0.25) is 27.7 Å². The number of benzene rings is 2. The highest BCUT2D eigenvalue weighted by Gasteiger charge is 2.21. The number of nitrogens with zero attached hydrogens (tertiary/aromatic N) is 5. The fourth-order valence-corrected chi connectivity index (χ4v) is 4.27. The molecule has 0 aliphatic heterocycles. The van der Waals surface area contributed by atoms with E-state index in [9.17, 15) is 14.4 Å². The second-order valence-corrected chi connectivity index (χ2v) is 8.27. The van der Waals surface area contributed by atoms with E-state index in [1.54, 1.807) is 60.1 Å². The van der Waals surface area contributed by atoms with Crippen LogP contribution in [-0.4, -0.2) is 29.0 Å². The molecule has 0 saturated heterocycles. The molecule has 33 heavy (non-hydrogen) atoms. The molecule has 10 heteroatoms. The topological polar surface area (TPSA) is 109 Å². The van der Waals surface area contributed by atoms with Crippen molar-refractivity contribution in [1.82, 2.24) is 23.1 Å². The van der Waals surface area contributed by atoms with Crippen molar-refractivity contribution in [2.45, 2.75) is 13.5 Å². The van der Waals surface area contributed by atoms with Crippen LogP contribution in [0.5, 0.6) is 0 Å². The molecule has 9 nitrogen and oxygen atoms in total. The van der Waals surface area contributed by atoms with E-state index in [1.807, 2.05) is 17.6 Å². The number of amides is 1. The predicted molar refractivity (Wildman–Crippen MR) is 125 cm³/mol. The Balaban J connectivity index is 1.75. The third-order valence-corrected chi connectivity index (χ3v) is 5.90. The number of aryl methyl sites for hydroxylation is 2. The minimum atomic E-state index is -0.516. The van der Waals surface area contributed by atoms with Crippen molar-refractivity contribution in [3.05, 3.63) is 97.4 Å². The lowest BCUT2D eigenvalue weighted by molar-refractivity contribution is 0.100. The summed E-state index contributed by atoms with van der Waals surface area (Å²) in [6.07, 6.45) is 1.79. The lowest BCUT2D eigenvalue weighted by atomic mass is 10.2. The van der Waals surface area contributed by atoms with Crippen LogP contribution in [0, 0.1) is 6.92 Å². The molecule has 3 heterocycles. The van der Waals surface area contributed by atoms with Crippen molar-refractivity contribution < 1.29 is 4.79 Å². The molecular weight excluding hydrogens is 444 g/mol. The molecule has 0 atom stereocenters. The molecule has 2 aromatic carbocycles. The summed E-state index contributed by atoms with van der Waals surface area (Å²) in [5.41, 5.74) is 7.70. The lowest BCUT2D eigenvalue weighted by Gasteiger charge is -2.08. The van der Waals surface area contributed by atoms with Gasteiger partial charge < -0.3 is 5.73 Å². The van der Waals surface area contributed by atoms with Gasteiger partial charge in [-0.2, -0.15) is 4.98 Å². The first-order valence-corrected chi connectivity index (χ1v) is 10.5. The van der Waals surface area contributed by atoms with Crippen molar-refractivity contribution in [1.29, 1.82) is 0 Å². The van der Waals surface area contributed by atoms with Crippen LogP contribution in [0.15, 0.2) is 64.3 Å². The molecule has 2 N–H and O–H groups in total. The third-order valence-electron chi connectivity index (χ3n) is 5.67. The smallest absolute Gasteiger partial charge is 0.332 e. The van der Waals surface area contributed by atoms with E-state index in [0.29, 0.717) is 21.9 Å². The maximum Gasteiger partial charge on any atom is 0.332 e. The highest BCUT2D eigenvalue weighted by molar-refractivity contribution is 6.30. The fraction of sp³-hybridized carbons (Fsp3) is 0.130. The monoisotopic (exact) mass is 462 g/mol. The van der Waals surface area contributed by atoms with Gasteiger partial charge >= 0.3 is 5.69 Å². The number of halogens is 1. The number of nitrogens with two attached hydrogens (primary N) is 1. The molecule has 0 spiro atoms. The zero-order chi connectivity index (χ0) is 23.4. The lowest BCUT2D eigenvalue weighted by Crippen LogP contribution is -2.39. The van der Waals surface area contributed by atoms with E-state index in [1.165, 1.54) is 9.13 Å². The third kappa shape index (κ3) is 3.25. The number of carbonyl (C=O) groups is 1. The minimum Gasteiger partial charge on any atom is -0.366 e. The van der Waals surface area contributed by atoms with Crippen molar-refractivity contribution in [3.8, 4) is 5.69 Å². The van der Waals surface area contributed by atoms with Gasteiger partial charge in [0, 0.05) is 35.2 Å². The first-order valence-electron chi connectivity index (χ1n) is 10.1. The zero-order valence-electron chi connectivity index (χ0n) is 17.8. The average molecular weight is 463 g/mol. The molecule has 0 unspecified atom stereocenters. The Hall–Kier alpha value is -4.11. The summed E-state index contributed by atoms with van der Waals surface area (Å²) in [4.78, 5) is 42.5. The largest absolute Gasteiger partial charge is 0.366 e. The molecule has 0 bridgehead atoms. The van der Waals surface area contributed by atoms with E-state index in [0.717, 1.165) is 16.9 Å². The zero-order valence-corrected chi connectivity index (χ0v) is 18.6. The Morgan fingerprint density at radius 3 is 2.52 bits per heavy atom. The first kappa shape index (κ1) is 20.8. The first-order chi connectivity index (χ1) is 15.8. The van der Waals surface area contributed by atoms with E-state index in [4.69, 9.17) is 17.3 Å². The Morgan fingerprint density at radius 1 is 1.12 bits per heavy atom. The van der Waals surface area contributed by atoms with Gasteiger partial charge in [-0.15, -0.1) is 0 Å². The van der Waals surface area contributed by atoms with Gasteiger partial charge in [-0.05, 0) is 48.9 Å². The van der Waals surface area contributed by atoms with E-state index in [-0.39, 0.29) is 12.2 Å². The molecule has 0 aliphatic rings. The minimum absolute atomic E-state index is 0.0868. The summed E-state index contributed by atoms with van der Waals surface area (Å²) in [5, 5.41) is 0.528. The van der Waals surface area contributed by atoms with Crippen LogP contribution in [0.25, 0.3) is 22.6 Å². The Kier molecular flexibility index (Phi) is 4.71. The summed E-state index contributed by atoms with van der Waals surface area (Å²) in [6, 6.07) is 13.8. The Bertz CT molecular complexity index is 1690. The highest BCUT2D eigenvalue weighted by Crippen LogP contribution is 2.21. The molecule has 5 rings (SSSR count). The Labute approximate surface area is 191 Å². The summed E-state index contributed by atoms with van der Waals surface area (Å²) in [6.45, 7) is 1.97. The van der Waals surface area contributed by atoms with Crippen LogP contribution in [-0.2, 0) is 13.6 Å². The van der Waals surface area contributed by atoms with Crippen LogP contribution in [0.4, 0.5) is 0 Å². The summed E-state index contributed by atoms with van der Waals surface area (Å²) >= 11 is 6.07. The number of fused-ring (bicyclic) bond motifs is 3. The fourth-order valence-electron chi connectivity index (χ4n) is 4.06. The number of primary amides is 1. The molecule has 0 fully saturated rings. The average Bonchev–Trinajstić information content (AvgIpc) is 3.30. The van der Waals surface area contributed by atoms with Crippen LogP contribution >= 0.6 is 11.6 Å². The Morgan fingerprint density at radius 2 is 1.85 bits per heavy atom. The van der Waals surface area contributed by atoms with Gasteiger partial charge in [0.25, 0.3) is 5.56 Å². The molecule has 0 radical (unpaired) electrons. The van der Waals surface area contributed by atoms with Crippen LogP contribution in [0.3, 0.4) is 0 Å². The molecule has 0 aliphatic carbocycles. The van der Waals surface area contributed by atoms with Gasteiger partial charge in [0.2, 0.25) is 11.7 Å². The molecule has 166 valence electrons. The van der Waals surface area contributed by atoms with Gasteiger partial charge in [-0.25, -0.2) is 4.79 Å². The van der Waals surface area contributed by atoms with Crippen LogP contribution in [0.2, 0.25) is 5.02 Å². The molecule has 3 aromatic heterocycles. The van der Waals surface area contributed by atoms with Crippen LogP contribution in [0.1, 0.15) is 21.6 Å². The predicted octanol–water partition coefficient (Wildman–Crippen LogP) is 2.25. The highest BCUT2D eigenvalue weighted by atomic mass is 35.5. The molecule has 5 aromatic rings. The standard InChI is InChI=1S/C23H19ClN6O3/c1-13-11-28-18-20(26-22(28)30(13)17-8-6-15(7-9-17)19(25)31)27(2)23(33)29(21(18)32)12-14-4-3-5-16(24)10-14/h3-11H,12H2,1-2H3,(H2,25,31). The van der Waals surface area contributed by atoms with Crippen molar-refractivity contribution in [3.63, 3.8) is 0 Å². The normalized spacial score (nSPS) is 11.5.